The highest BCUT2D eigenvalue weighted by Gasteiger charge is 2.33. The van der Waals surface area contributed by atoms with E-state index < -0.39 is 11.9 Å². The smallest absolute Gasteiger partial charge is 0.356 e. The predicted molar refractivity (Wildman–Crippen MR) is 112 cm³/mol. The lowest BCUT2D eigenvalue weighted by Crippen LogP contribution is -2.37. The fourth-order valence-corrected chi connectivity index (χ4v) is 3.66. The van der Waals surface area contributed by atoms with E-state index in [0.717, 1.165) is 34.6 Å². The topological polar surface area (TPSA) is 67.1 Å². The van der Waals surface area contributed by atoms with Crippen LogP contribution < -0.4 is 10.6 Å². The molecule has 0 aliphatic heterocycles. The molecular formula is C20H23F3N6S. The van der Waals surface area contributed by atoms with Gasteiger partial charge < -0.3 is 15.2 Å². The zero-order chi connectivity index (χ0) is 21.6. The molecule has 0 atom stereocenters. The van der Waals surface area contributed by atoms with Crippen LogP contribution >= 0.6 is 11.3 Å². The fraction of sp³-hybridized carbons (Fsp3) is 0.350. The molecule has 0 saturated heterocycles. The number of nitrogens with one attached hydrogen (secondary N) is 2. The molecule has 2 heterocycles. The number of nitrogens with zero attached hydrogens (tertiary/aromatic N) is 4. The summed E-state index contributed by atoms with van der Waals surface area (Å²) in [7, 11) is 1.65. The molecule has 1 aromatic carbocycles. The Morgan fingerprint density at radius 3 is 2.70 bits per heavy atom. The molecule has 30 heavy (non-hydrogen) atoms. The highest BCUT2D eigenvalue weighted by Crippen LogP contribution is 2.29. The largest absolute Gasteiger partial charge is 0.434 e. The Kier molecular flexibility index (Phi) is 7.09. The lowest BCUT2D eigenvalue weighted by Gasteiger charge is -2.12. The van der Waals surface area contributed by atoms with Gasteiger partial charge in [-0.2, -0.15) is 13.2 Å². The number of aryl methyl sites for hydroxylation is 1. The number of alkyl halides is 3. The number of imidazole rings is 1. The molecule has 0 saturated carbocycles. The van der Waals surface area contributed by atoms with Gasteiger partial charge in [0, 0.05) is 50.9 Å². The van der Waals surface area contributed by atoms with Crippen molar-refractivity contribution in [1.29, 1.82) is 0 Å². The van der Waals surface area contributed by atoms with E-state index in [1.165, 1.54) is 5.56 Å². The number of hydrogen-bond acceptors (Lipinski definition) is 4. The summed E-state index contributed by atoms with van der Waals surface area (Å²) in [5.41, 5.74) is 1.43. The Balaban J connectivity index is 1.48. The van der Waals surface area contributed by atoms with Crippen LogP contribution in [0.4, 0.5) is 13.2 Å². The number of thiazole rings is 1. The highest BCUT2D eigenvalue weighted by atomic mass is 32.1. The van der Waals surface area contributed by atoms with Gasteiger partial charge in [-0.3, -0.25) is 4.99 Å². The molecule has 0 bridgehead atoms. The Morgan fingerprint density at radius 2 is 2.03 bits per heavy atom. The quantitative estimate of drug-likeness (QED) is 0.439. The van der Waals surface area contributed by atoms with E-state index >= 15 is 0 Å². The number of benzene rings is 1. The lowest BCUT2D eigenvalue weighted by molar-refractivity contribution is -0.140. The first kappa shape index (κ1) is 21.8. The third-order valence-corrected chi connectivity index (χ3v) is 5.33. The molecule has 0 aliphatic rings. The second kappa shape index (κ2) is 9.75. The van der Waals surface area contributed by atoms with Gasteiger partial charge in [-0.15, -0.1) is 11.3 Å². The molecule has 0 fully saturated rings. The molecule has 0 amide bonds. The van der Waals surface area contributed by atoms with Crippen LogP contribution in [0.25, 0.3) is 0 Å². The highest BCUT2D eigenvalue weighted by molar-refractivity contribution is 7.09. The number of rotatable bonds is 7. The van der Waals surface area contributed by atoms with Gasteiger partial charge in [0.15, 0.2) is 11.7 Å². The van der Waals surface area contributed by atoms with Crippen molar-refractivity contribution in [3.8, 4) is 0 Å². The van der Waals surface area contributed by atoms with Crippen LogP contribution in [0.3, 0.4) is 0 Å². The van der Waals surface area contributed by atoms with E-state index in [9.17, 15) is 13.2 Å². The van der Waals surface area contributed by atoms with Crippen molar-refractivity contribution in [3.63, 3.8) is 0 Å². The van der Waals surface area contributed by atoms with E-state index in [1.807, 2.05) is 25.3 Å². The summed E-state index contributed by atoms with van der Waals surface area (Å²) in [6.45, 7) is 3.73. The van der Waals surface area contributed by atoms with Crippen LogP contribution in [0.15, 0.2) is 47.0 Å². The fourth-order valence-electron chi connectivity index (χ4n) is 2.86. The number of guanidine groups is 1. The maximum Gasteiger partial charge on any atom is 0.434 e. The van der Waals surface area contributed by atoms with Gasteiger partial charge in [-0.05, 0) is 18.1 Å². The van der Waals surface area contributed by atoms with Crippen LogP contribution in [0.1, 0.15) is 27.7 Å². The van der Waals surface area contributed by atoms with Crippen molar-refractivity contribution < 1.29 is 13.2 Å². The zero-order valence-corrected chi connectivity index (χ0v) is 17.5. The van der Waals surface area contributed by atoms with Gasteiger partial charge in [0.2, 0.25) is 0 Å². The van der Waals surface area contributed by atoms with Gasteiger partial charge in [-0.25, -0.2) is 9.97 Å². The van der Waals surface area contributed by atoms with Crippen molar-refractivity contribution in [2.75, 3.05) is 13.6 Å². The average molecular weight is 437 g/mol. The number of aromatic nitrogens is 3. The SMILES string of the molecule is CN=C(NCCc1nc(C(F)(F)F)cs1)NCc1cccc(Cn2ccnc2C)c1. The van der Waals surface area contributed by atoms with E-state index in [0.29, 0.717) is 30.5 Å². The molecule has 0 radical (unpaired) electrons. The van der Waals surface area contributed by atoms with E-state index in [-0.39, 0.29) is 0 Å². The normalized spacial score (nSPS) is 12.2. The maximum atomic E-state index is 12.6. The number of halogens is 3. The van der Waals surface area contributed by atoms with Crippen LogP contribution in [-0.2, 0) is 25.7 Å². The molecule has 3 rings (SSSR count). The Bertz CT molecular complexity index is 992. The summed E-state index contributed by atoms with van der Waals surface area (Å²) >= 11 is 1.01. The molecule has 0 aliphatic carbocycles. The van der Waals surface area contributed by atoms with Crippen molar-refractivity contribution in [2.24, 2.45) is 4.99 Å². The Labute approximate surface area is 176 Å². The minimum atomic E-state index is -4.40. The minimum Gasteiger partial charge on any atom is -0.356 e. The van der Waals surface area contributed by atoms with Gasteiger partial charge in [0.1, 0.15) is 5.82 Å². The van der Waals surface area contributed by atoms with Gasteiger partial charge in [-0.1, -0.05) is 24.3 Å². The van der Waals surface area contributed by atoms with Crippen molar-refractivity contribution in [2.45, 2.75) is 32.6 Å². The third kappa shape index (κ3) is 6.06. The summed E-state index contributed by atoms with van der Waals surface area (Å²) in [5.74, 6) is 1.55. The number of hydrogen-bond donors (Lipinski definition) is 2. The molecule has 0 spiro atoms. The second-order valence-corrected chi connectivity index (χ2v) is 7.59. The molecular weight excluding hydrogens is 413 g/mol. The van der Waals surface area contributed by atoms with Crippen LogP contribution in [0, 0.1) is 6.92 Å². The summed E-state index contributed by atoms with van der Waals surface area (Å²) in [6, 6.07) is 8.22. The van der Waals surface area contributed by atoms with Crippen molar-refractivity contribution in [1.82, 2.24) is 25.2 Å². The average Bonchev–Trinajstić information content (AvgIpc) is 3.34. The van der Waals surface area contributed by atoms with Crippen LogP contribution in [0.2, 0.25) is 0 Å². The first-order valence-electron chi connectivity index (χ1n) is 9.37. The third-order valence-electron chi connectivity index (χ3n) is 4.43. The summed E-state index contributed by atoms with van der Waals surface area (Å²) in [5, 5.41) is 7.81. The minimum absolute atomic E-state index is 0.390. The van der Waals surface area contributed by atoms with Crippen molar-refractivity contribution >= 4 is 17.3 Å². The van der Waals surface area contributed by atoms with Gasteiger partial charge >= 0.3 is 6.18 Å². The molecule has 2 aromatic heterocycles. The lowest BCUT2D eigenvalue weighted by atomic mass is 10.1. The molecule has 160 valence electrons. The number of aliphatic imine (C=N–C) groups is 1. The Morgan fingerprint density at radius 1 is 1.23 bits per heavy atom. The monoisotopic (exact) mass is 436 g/mol. The maximum absolute atomic E-state index is 12.6. The van der Waals surface area contributed by atoms with Crippen LogP contribution in [0.5, 0.6) is 0 Å². The zero-order valence-electron chi connectivity index (χ0n) is 16.7. The summed E-state index contributed by atoms with van der Waals surface area (Å²) in [6.07, 6.45) is -0.274. The van der Waals surface area contributed by atoms with Gasteiger partial charge in [0.25, 0.3) is 0 Å². The first-order chi connectivity index (χ1) is 14.3. The second-order valence-electron chi connectivity index (χ2n) is 6.65. The van der Waals surface area contributed by atoms with E-state index in [2.05, 4.69) is 42.3 Å². The standard InChI is InChI=1S/C20H23F3N6S/c1-14-25-8-9-29(14)12-16-5-3-4-15(10-16)11-27-19(24-2)26-7-6-18-28-17(13-30-18)20(21,22)23/h3-5,8-10,13H,6-7,11-12H2,1-2H3,(H2,24,26,27). The summed E-state index contributed by atoms with van der Waals surface area (Å²) in [4.78, 5) is 12.0. The molecule has 6 nitrogen and oxygen atoms in total. The predicted octanol–water partition coefficient (Wildman–Crippen LogP) is 3.62. The summed E-state index contributed by atoms with van der Waals surface area (Å²) < 4.78 is 39.9. The first-order valence-corrected chi connectivity index (χ1v) is 10.2. The van der Waals surface area contributed by atoms with Crippen LogP contribution in [-0.4, -0.2) is 34.1 Å². The molecule has 0 unspecified atom stereocenters. The molecule has 2 N–H and O–H groups in total. The van der Waals surface area contributed by atoms with Crippen molar-refractivity contribution in [3.05, 3.63) is 69.7 Å². The molecule has 10 heteroatoms. The molecule has 3 aromatic rings. The van der Waals surface area contributed by atoms with E-state index in [4.69, 9.17) is 0 Å². The Hall–Kier alpha value is -2.88. The van der Waals surface area contributed by atoms with E-state index in [1.54, 1.807) is 13.2 Å². The van der Waals surface area contributed by atoms with Gasteiger partial charge in [0.05, 0.1) is 5.01 Å².